The van der Waals surface area contributed by atoms with Crippen LogP contribution in [0.1, 0.15) is 44.6 Å². The second-order valence-electron chi connectivity index (χ2n) is 6.47. The lowest BCUT2D eigenvalue weighted by molar-refractivity contribution is 0.134. The Balaban J connectivity index is 1.72. The molecule has 2 saturated heterocycles. The maximum atomic E-state index is 13.2. The number of benzene rings is 1. The van der Waals surface area contributed by atoms with Crippen molar-refractivity contribution in [1.29, 1.82) is 0 Å². The molecule has 2 atom stereocenters. The fourth-order valence-corrected chi connectivity index (χ4v) is 4.10. The van der Waals surface area contributed by atoms with Gasteiger partial charge in [0.05, 0.1) is 0 Å². The number of piperidine rings is 1. The molecule has 1 aromatic carbocycles. The molecule has 2 heterocycles. The van der Waals surface area contributed by atoms with Gasteiger partial charge in [0.1, 0.15) is 5.82 Å². The molecule has 116 valence electrons. The van der Waals surface area contributed by atoms with Crippen molar-refractivity contribution >= 4 is 11.6 Å². The minimum absolute atomic E-state index is 0.259. The Hall–Kier alpha value is -0.640. The first kappa shape index (κ1) is 15.3. The molecule has 4 heteroatoms. The van der Waals surface area contributed by atoms with Crippen LogP contribution in [0.25, 0.3) is 0 Å². The van der Waals surface area contributed by atoms with E-state index in [-0.39, 0.29) is 5.82 Å². The van der Waals surface area contributed by atoms with E-state index in [0.29, 0.717) is 23.1 Å². The van der Waals surface area contributed by atoms with Crippen LogP contribution < -0.4 is 5.32 Å². The summed E-state index contributed by atoms with van der Waals surface area (Å²) in [6.45, 7) is 4.13. The van der Waals surface area contributed by atoms with E-state index >= 15 is 0 Å². The second-order valence-corrected chi connectivity index (χ2v) is 6.88. The van der Waals surface area contributed by atoms with E-state index in [4.69, 9.17) is 11.6 Å². The fraction of sp³-hybridized carbons (Fsp3) is 0.647. The topological polar surface area (TPSA) is 15.3 Å². The molecule has 2 bridgehead atoms. The van der Waals surface area contributed by atoms with Gasteiger partial charge in [-0.05, 0) is 56.3 Å². The monoisotopic (exact) mass is 310 g/mol. The Kier molecular flexibility index (Phi) is 4.82. The van der Waals surface area contributed by atoms with E-state index in [1.807, 2.05) is 6.07 Å². The highest BCUT2D eigenvalue weighted by Gasteiger charge is 2.35. The lowest BCUT2D eigenvalue weighted by Gasteiger charge is -2.38. The Morgan fingerprint density at radius 2 is 2.00 bits per heavy atom. The highest BCUT2D eigenvalue weighted by atomic mass is 35.5. The number of hydrogen-bond donors (Lipinski definition) is 1. The van der Waals surface area contributed by atoms with Crippen molar-refractivity contribution in [2.75, 3.05) is 6.54 Å². The van der Waals surface area contributed by atoms with Gasteiger partial charge in [-0.25, -0.2) is 4.39 Å². The van der Waals surface area contributed by atoms with Gasteiger partial charge in [-0.2, -0.15) is 0 Å². The SMILES string of the molecule is CCCN(Cc1ccc(F)cc1Cl)C1CC2CCC(C1)N2. The molecule has 2 aliphatic rings. The van der Waals surface area contributed by atoms with Gasteiger partial charge in [0.25, 0.3) is 0 Å². The molecular weight excluding hydrogens is 287 g/mol. The number of fused-ring (bicyclic) bond motifs is 2. The van der Waals surface area contributed by atoms with E-state index in [1.54, 1.807) is 0 Å². The molecule has 2 nitrogen and oxygen atoms in total. The van der Waals surface area contributed by atoms with Crippen LogP contribution in [0.3, 0.4) is 0 Å². The summed E-state index contributed by atoms with van der Waals surface area (Å²) in [5, 5.41) is 4.25. The summed E-state index contributed by atoms with van der Waals surface area (Å²) >= 11 is 6.20. The summed E-state index contributed by atoms with van der Waals surface area (Å²) in [5.74, 6) is -0.259. The molecule has 0 saturated carbocycles. The Morgan fingerprint density at radius 1 is 1.29 bits per heavy atom. The van der Waals surface area contributed by atoms with Crippen molar-refractivity contribution in [2.45, 2.75) is 63.7 Å². The highest BCUT2D eigenvalue weighted by molar-refractivity contribution is 6.31. The maximum absolute atomic E-state index is 13.2. The minimum atomic E-state index is -0.259. The van der Waals surface area contributed by atoms with Crippen molar-refractivity contribution in [3.63, 3.8) is 0 Å². The van der Waals surface area contributed by atoms with Crippen LogP contribution in [-0.2, 0) is 6.54 Å². The molecule has 0 aliphatic carbocycles. The zero-order valence-electron chi connectivity index (χ0n) is 12.6. The van der Waals surface area contributed by atoms with Crippen LogP contribution in [0.2, 0.25) is 5.02 Å². The zero-order chi connectivity index (χ0) is 14.8. The van der Waals surface area contributed by atoms with Crippen LogP contribution in [0.15, 0.2) is 18.2 Å². The zero-order valence-corrected chi connectivity index (χ0v) is 13.4. The molecule has 3 rings (SSSR count). The molecule has 0 spiro atoms. The third kappa shape index (κ3) is 3.58. The van der Waals surface area contributed by atoms with Gasteiger partial charge in [0, 0.05) is 29.7 Å². The summed E-state index contributed by atoms with van der Waals surface area (Å²) in [6, 6.07) is 6.78. The number of nitrogens with zero attached hydrogens (tertiary/aromatic N) is 1. The third-order valence-corrected chi connectivity index (χ3v) is 5.22. The number of rotatable bonds is 5. The standard InChI is InChI=1S/C17H24ClFN2/c1-2-7-21(11-12-3-4-13(19)8-17(12)18)16-9-14-5-6-15(10-16)20-14/h3-4,8,14-16,20H,2,5-7,9-11H2,1H3. The third-order valence-electron chi connectivity index (χ3n) is 4.86. The summed E-state index contributed by atoms with van der Waals surface area (Å²) in [6.07, 6.45) is 6.24. The van der Waals surface area contributed by atoms with Crippen molar-refractivity contribution in [2.24, 2.45) is 0 Å². The Labute approximate surface area is 131 Å². The van der Waals surface area contributed by atoms with Gasteiger partial charge in [0.15, 0.2) is 0 Å². The maximum Gasteiger partial charge on any atom is 0.124 e. The van der Waals surface area contributed by atoms with E-state index in [9.17, 15) is 4.39 Å². The number of nitrogens with one attached hydrogen (secondary N) is 1. The summed E-state index contributed by atoms with van der Waals surface area (Å²) in [5.41, 5.74) is 1.04. The summed E-state index contributed by atoms with van der Waals surface area (Å²) in [7, 11) is 0. The molecule has 21 heavy (non-hydrogen) atoms. The van der Waals surface area contributed by atoms with Gasteiger partial charge in [-0.15, -0.1) is 0 Å². The molecule has 1 N–H and O–H groups in total. The normalized spacial score (nSPS) is 28.3. The molecule has 2 aliphatic heterocycles. The van der Waals surface area contributed by atoms with Crippen LogP contribution >= 0.6 is 11.6 Å². The molecule has 0 aromatic heterocycles. The predicted molar refractivity (Wildman–Crippen MR) is 85.1 cm³/mol. The van der Waals surface area contributed by atoms with Gasteiger partial charge in [-0.1, -0.05) is 24.6 Å². The van der Waals surface area contributed by atoms with E-state index in [0.717, 1.165) is 25.1 Å². The minimum Gasteiger partial charge on any atom is -0.311 e. The first-order chi connectivity index (χ1) is 10.2. The smallest absolute Gasteiger partial charge is 0.124 e. The second kappa shape index (κ2) is 6.64. The Bertz CT molecular complexity index is 482. The van der Waals surface area contributed by atoms with Gasteiger partial charge in [0.2, 0.25) is 0 Å². The van der Waals surface area contributed by atoms with E-state index < -0.39 is 0 Å². The lowest BCUT2D eigenvalue weighted by Crippen LogP contribution is -2.48. The average Bonchev–Trinajstić information content (AvgIpc) is 2.79. The van der Waals surface area contributed by atoms with Gasteiger partial charge < -0.3 is 5.32 Å². The quantitative estimate of drug-likeness (QED) is 0.885. The predicted octanol–water partition coefficient (Wildman–Crippen LogP) is 3.97. The molecule has 0 radical (unpaired) electrons. The first-order valence-electron chi connectivity index (χ1n) is 8.09. The van der Waals surface area contributed by atoms with Crippen LogP contribution in [0, 0.1) is 5.82 Å². The van der Waals surface area contributed by atoms with Crippen LogP contribution in [-0.4, -0.2) is 29.6 Å². The molecule has 2 unspecified atom stereocenters. The lowest BCUT2D eigenvalue weighted by atomic mass is 9.97. The van der Waals surface area contributed by atoms with Gasteiger partial charge >= 0.3 is 0 Å². The van der Waals surface area contributed by atoms with Crippen molar-refractivity contribution in [1.82, 2.24) is 10.2 Å². The summed E-state index contributed by atoms with van der Waals surface area (Å²) < 4.78 is 13.2. The van der Waals surface area contributed by atoms with Crippen molar-refractivity contribution in [3.05, 3.63) is 34.6 Å². The Morgan fingerprint density at radius 3 is 2.62 bits per heavy atom. The van der Waals surface area contributed by atoms with Crippen LogP contribution in [0.4, 0.5) is 4.39 Å². The molecular formula is C17H24ClFN2. The summed E-state index contributed by atoms with van der Waals surface area (Å²) in [4.78, 5) is 2.55. The average molecular weight is 311 g/mol. The first-order valence-corrected chi connectivity index (χ1v) is 8.47. The fourth-order valence-electron chi connectivity index (χ4n) is 3.87. The van der Waals surface area contributed by atoms with E-state index in [1.165, 1.54) is 37.8 Å². The highest BCUT2D eigenvalue weighted by Crippen LogP contribution is 2.31. The van der Waals surface area contributed by atoms with Crippen molar-refractivity contribution < 1.29 is 4.39 Å². The van der Waals surface area contributed by atoms with Crippen LogP contribution in [0.5, 0.6) is 0 Å². The number of halogens is 2. The number of hydrogen-bond acceptors (Lipinski definition) is 2. The molecule has 1 aromatic rings. The molecule has 2 fully saturated rings. The largest absolute Gasteiger partial charge is 0.311 e. The van der Waals surface area contributed by atoms with Gasteiger partial charge in [-0.3, -0.25) is 4.90 Å². The molecule has 0 amide bonds. The van der Waals surface area contributed by atoms with E-state index in [2.05, 4.69) is 17.1 Å². The van der Waals surface area contributed by atoms with Crippen molar-refractivity contribution in [3.8, 4) is 0 Å².